The van der Waals surface area contributed by atoms with E-state index in [-0.39, 0.29) is 11.3 Å². The lowest BCUT2D eigenvalue weighted by Gasteiger charge is -2.15. The van der Waals surface area contributed by atoms with Gasteiger partial charge in [0.2, 0.25) is 0 Å². The molecule has 0 saturated heterocycles. The minimum absolute atomic E-state index is 0.201. The molecule has 1 atom stereocenters. The van der Waals surface area contributed by atoms with Crippen LogP contribution in [0.25, 0.3) is 0 Å². The highest BCUT2D eigenvalue weighted by molar-refractivity contribution is 7.90. The fraction of sp³-hybridized carbons (Fsp3) is 0.286. The van der Waals surface area contributed by atoms with E-state index < -0.39 is 32.6 Å². The number of hydrogen-bond donors (Lipinski definition) is 0. The molecule has 2 aromatic rings. The molecule has 0 radical (unpaired) electrons. The quantitative estimate of drug-likeness (QED) is 0.864. The van der Waals surface area contributed by atoms with Crippen molar-refractivity contribution in [1.29, 1.82) is 0 Å². The van der Waals surface area contributed by atoms with Gasteiger partial charge >= 0.3 is 6.18 Å². The van der Waals surface area contributed by atoms with Crippen LogP contribution in [-0.2, 0) is 21.8 Å². The minimum atomic E-state index is -4.60. The van der Waals surface area contributed by atoms with Crippen molar-refractivity contribution in [2.75, 3.05) is 0 Å². The molecule has 8 heteroatoms. The number of hydrogen-bond acceptors (Lipinski definition) is 4. The Morgan fingerprint density at radius 3 is 2.45 bits per heavy atom. The van der Waals surface area contributed by atoms with Crippen LogP contribution in [0.4, 0.5) is 13.2 Å². The van der Waals surface area contributed by atoms with Gasteiger partial charge in [-0.3, -0.25) is 9.97 Å². The van der Waals surface area contributed by atoms with Gasteiger partial charge in [0.1, 0.15) is 5.25 Å². The normalized spacial score (nSPS) is 13.8. The first-order valence-corrected chi connectivity index (χ1v) is 8.06. The van der Waals surface area contributed by atoms with E-state index in [4.69, 9.17) is 0 Å². The lowest BCUT2D eigenvalue weighted by Crippen LogP contribution is -2.17. The maximum atomic E-state index is 12.9. The van der Waals surface area contributed by atoms with Gasteiger partial charge in [-0.2, -0.15) is 13.2 Å². The summed E-state index contributed by atoms with van der Waals surface area (Å²) in [4.78, 5) is 7.67. The molecular weight excluding hydrogens is 317 g/mol. The van der Waals surface area contributed by atoms with Crippen LogP contribution in [0.15, 0.2) is 42.9 Å². The van der Waals surface area contributed by atoms with Crippen molar-refractivity contribution >= 4 is 9.84 Å². The van der Waals surface area contributed by atoms with Gasteiger partial charge in [-0.15, -0.1) is 0 Å². The number of halogens is 3. The first-order chi connectivity index (χ1) is 10.2. The second-order valence-corrected chi connectivity index (χ2v) is 7.06. The number of sulfone groups is 1. The Bertz CT molecular complexity index is 746. The Kier molecular flexibility index (Phi) is 4.50. The Balaban J connectivity index is 2.34. The van der Waals surface area contributed by atoms with E-state index in [0.717, 1.165) is 6.07 Å². The van der Waals surface area contributed by atoms with Crippen LogP contribution in [0.5, 0.6) is 0 Å². The molecule has 0 aliphatic heterocycles. The van der Waals surface area contributed by atoms with Crippen LogP contribution >= 0.6 is 0 Å². The zero-order chi connectivity index (χ0) is 16.4. The van der Waals surface area contributed by atoms with Crippen molar-refractivity contribution in [3.05, 3.63) is 59.7 Å². The molecule has 0 fully saturated rings. The molecule has 118 valence electrons. The third-order valence-corrected chi connectivity index (χ3v) is 5.25. The summed E-state index contributed by atoms with van der Waals surface area (Å²) < 4.78 is 63.5. The number of nitrogens with zero attached hydrogens (tertiary/aromatic N) is 2. The zero-order valence-electron chi connectivity index (χ0n) is 11.6. The second kappa shape index (κ2) is 6.04. The summed E-state index contributed by atoms with van der Waals surface area (Å²) in [6, 6.07) is 4.65. The van der Waals surface area contributed by atoms with Crippen molar-refractivity contribution in [2.45, 2.75) is 24.1 Å². The number of benzene rings is 1. The highest BCUT2D eigenvalue weighted by Crippen LogP contribution is 2.34. The highest BCUT2D eigenvalue weighted by Gasteiger charge is 2.35. The Labute approximate surface area is 126 Å². The van der Waals surface area contributed by atoms with Gasteiger partial charge in [-0.05, 0) is 18.6 Å². The van der Waals surface area contributed by atoms with Crippen molar-refractivity contribution < 1.29 is 21.6 Å². The summed E-state index contributed by atoms with van der Waals surface area (Å²) in [6.07, 6.45) is -0.577. The smallest absolute Gasteiger partial charge is 0.261 e. The third kappa shape index (κ3) is 3.62. The molecule has 22 heavy (non-hydrogen) atoms. The SMILES string of the molecule is C[C@H](c1cnccn1)S(=O)(=O)Cc1ccccc1C(F)(F)F. The lowest BCUT2D eigenvalue weighted by atomic mass is 10.1. The van der Waals surface area contributed by atoms with E-state index >= 15 is 0 Å². The fourth-order valence-corrected chi connectivity index (χ4v) is 3.39. The number of aromatic nitrogens is 2. The van der Waals surface area contributed by atoms with Gasteiger partial charge in [0.25, 0.3) is 0 Å². The minimum Gasteiger partial charge on any atom is -0.261 e. The summed E-state index contributed by atoms with van der Waals surface area (Å²) in [5, 5.41) is -1.04. The Morgan fingerprint density at radius 1 is 1.18 bits per heavy atom. The van der Waals surface area contributed by atoms with Crippen molar-refractivity contribution in [3.8, 4) is 0 Å². The maximum absolute atomic E-state index is 12.9. The van der Waals surface area contributed by atoms with Gasteiger partial charge in [0.05, 0.1) is 17.0 Å². The van der Waals surface area contributed by atoms with Crippen LogP contribution in [-0.4, -0.2) is 18.4 Å². The molecule has 0 saturated carbocycles. The summed E-state index contributed by atoms with van der Waals surface area (Å²) in [6.45, 7) is 1.38. The van der Waals surface area contributed by atoms with Crippen LogP contribution < -0.4 is 0 Å². The third-order valence-electron chi connectivity index (χ3n) is 3.22. The standard InChI is InChI=1S/C14H13F3N2O2S/c1-10(13-8-18-6-7-19-13)22(20,21)9-11-4-2-3-5-12(11)14(15,16)17/h2-8,10H,9H2,1H3/t10-/m1/s1. The molecule has 0 unspecified atom stereocenters. The first kappa shape index (κ1) is 16.4. The molecule has 0 aliphatic carbocycles. The largest absolute Gasteiger partial charge is 0.416 e. The van der Waals surface area contributed by atoms with Crippen molar-refractivity contribution in [2.24, 2.45) is 0 Å². The lowest BCUT2D eigenvalue weighted by molar-refractivity contribution is -0.138. The summed E-state index contributed by atoms with van der Waals surface area (Å²) in [7, 11) is -3.85. The predicted molar refractivity (Wildman–Crippen MR) is 74.5 cm³/mol. The molecular formula is C14H13F3N2O2S. The van der Waals surface area contributed by atoms with Crippen LogP contribution in [0, 0.1) is 0 Å². The van der Waals surface area contributed by atoms with Crippen LogP contribution in [0.3, 0.4) is 0 Å². The molecule has 4 nitrogen and oxygen atoms in total. The first-order valence-electron chi connectivity index (χ1n) is 6.34. The molecule has 0 spiro atoms. The molecule has 0 N–H and O–H groups in total. The average molecular weight is 330 g/mol. The number of alkyl halides is 3. The maximum Gasteiger partial charge on any atom is 0.416 e. The number of rotatable bonds is 4. The molecule has 1 heterocycles. The Morgan fingerprint density at radius 2 is 1.86 bits per heavy atom. The summed E-state index contributed by atoms with van der Waals surface area (Å²) >= 11 is 0. The van der Waals surface area contributed by atoms with Crippen LogP contribution in [0.1, 0.15) is 29.0 Å². The van der Waals surface area contributed by atoms with E-state index in [0.29, 0.717) is 0 Å². The molecule has 1 aromatic heterocycles. The summed E-state index contributed by atoms with van der Waals surface area (Å²) in [5.41, 5.74) is -1.01. The Hall–Kier alpha value is -1.96. The molecule has 0 bridgehead atoms. The van der Waals surface area contributed by atoms with E-state index in [1.165, 1.54) is 43.7 Å². The topological polar surface area (TPSA) is 59.9 Å². The molecule has 0 aliphatic rings. The van der Waals surface area contributed by atoms with Crippen molar-refractivity contribution in [3.63, 3.8) is 0 Å². The van der Waals surface area contributed by atoms with Gasteiger partial charge in [0, 0.05) is 18.6 Å². The monoisotopic (exact) mass is 330 g/mol. The van der Waals surface area contributed by atoms with E-state index in [9.17, 15) is 21.6 Å². The predicted octanol–water partition coefficient (Wildman–Crippen LogP) is 3.17. The van der Waals surface area contributed by atoms with E-state index in [2.05, 4.69) is 9.97 Å². The zero-order valence-corrected chi connectivity index (χ0v) is 12.4. The van der Waals surface area contributed by atoms with Gasteiger partial charge in [-0.25, -0.2) is 8.42 Å². The van der Waals surface area contributed by atoms with Gasteiger partial charge in [0.15, 0.2) is 9.84 Å². The van der Waals surface area contributed by atoms with E-state index in [1.54, 1.807) is 0 Å². The van der Waals surface area contributed by atoms with Crippen molar-refractivity contribution in [1.82, 2.24) is 9.97 Å². The fourth-order valence-electron chi connectivity index (χ4n) is 1.97. The van der Waals surface area contributed by atoms with Crippen LogP contribution in [0.2, 0.25) is 0 Å². The van der Waals surface area contributed by atoms with Gasteiger partial charge < -0.3 is 0 Å². The van der Waals surface area contributed by atoms with E-state index in [1.807, 2.05) is 0 Å². The highest BCUT2D eigenvalue weighted by atomic mass is 32.2. The summed E-state index contributed by atoms with van der Waals surface area (Å²) in [5.74, 6) is -0.708. The van der Waals surface area contributed by atoms with Gasteiger partial charge in [-0.1, -0.05) is 18.2 Å². The second-order valence-electron chi connectivity index (χ2n) is 4.73. The molecule has 0 amide bonds. The average Bonchev–Trinajstić information content (AvgIpc) is 2.46. The molecule has 2 rings (SSSR count). The molecule has 1 aromatic carbocycles.